The zero-order valence-electron chi connectivity index (χ0n) is 10.9. The lowest BCUT2D eigenvalue weighted by Crippen LogP contribution is -3.00. The van der Waals surface area contributed by atoms with Crippen molar-refractivity contribution in [3.05, 3.63) is 30.1 Å². The second-order valence-electron chi connectivity index (χ2n) is 4.87. The predicted octanol–water partition coefficient (Wildman–Crippen LogP) is -0.455. The molecule has 0 bridgehead atoms. The molecule has 0 amide bonds. The van der Waals surface area contributed by atoms with Crippen molar-refractivity contribution in [1.82, 2.24) is 4.90 Å². The van der Waals surface area contributed by atoms with E-state index in [1.165, 1.54) is 37.8 Å². The summed E-state index contributed by atoms with van der Waals surface area (Å²) in [7, 11) is 2.24. The first-order chi connectivity index (χ1) is 7.81. The number of aryl methyl sites for hydroxylation is 1. The molecule has 1 aliphatic heterocycles. The number of nitrogens with zero attached hydrogens (tertiary/aromatic N) is 2. The number of pyridine rings is 1. The van der Waals surface area contributed by atoms with Gasteiger partial charge in [0.25, 0.3) is 0 Å². The Kier molecular flexibility index (Phi) is 6.41. The van der Waals surface area contributed by atoms with Crippen molar-refractivity contribution in [2.75, 3.05) is 13.6 Å². The van der Waals surface area contributed by atoms with Gasteiger partial charge < -0.3 is 24.0 Å². The third kappa shape index (κ3) is 3.91. The molecule has 0 aliphatic carbocycles. The van der Waals surface area contributed by atoms with Crippen LogP contribution in [0.1, 0.15) is 44.2 Å². The Morgan fingerprint density at radius 2 is 2.29 bits per heavy atom. The minimum atomic E-state index is 0. The molecular formula is C14H23IN2. The Hall–Kier alpha value is -0.160. The van der Waals surface area contributed by atoms with Gasteiger partial charge in [-0.3, -0.25) is 4.90 Å². The SMILES string of the molecule is CCCC[n+]1cccc([C@@H]2CCCN2C)c1.[I-]. The normalized spacial score (nSPS) is 20.2. The Morgan fingerprint density at radius 3 is 2.94 bits per heavy atom. The van der Waals surface area contributed by atoms with Gasteiger partial charge >= 0.3 is 0 Å². The van der Waals surface area contributed by atoms with Gasteiger partial charge in [-0.1, -0.05) is 13.3 Å². The van der Waals surface area contributed by atoms with Crippen LogP contribution in [0, 0.1) is 0 Å². The van der Waals surface area contributed by atoms with Crippen LogP contribution in [0.15, 0.2) is 24.5 Å². The number of halogens is 1. The molecule has 2 nitrogen and oxygen atoms in total. The van der Waals surface area contributed by atoms with Crippen LogP contribution in [0.5, 0.6) is 0 Å². The molecule has 1 atom stereocenters. The maximum Gasteiger partial charge on any atom is 0.173 e. The molecule has 0 N–H and O–H groups in total. The molecule has 1 saturated heterocycles. The summed E-state index contributed by atoms with van der Waals surface area (Å²) in [6, 6.07) is 5.11. The predicted molar refractivity (Wildman–Crippen MR) is 66.2 cm³/mol. The van der Waals surface area contributed by atoms with Crippen molar-refractivity contribution in [1.29, 1.82) is 0 Å². The van der Waals surface area contributed by atoms with Gasteiger partial charge in [-0.05, 0) is 32.5 Å². The molecule has 2 heterocycles. The number of hydrogen-bond donors (Lipinski definition) is 0. The van der Waals surface area contributed by atoms with Crippen LogP contribution in [-0.2, 0) is 6.54 Å². The summed E-state index contributed by atoms with van der Waals surface area (Å²) in [5.41, 5.74) is 1.48. The van der Waals surface area contributed by atoms with Crippen molar-refractivity contribution < 1.29 is 28.5 Å². The van der Waals surface area contributed by atoms with Crippen LogP contribution < -0.4 is 28.5 Å². The van der Waals surface area contributed by atoms with Crippen molar-refractivity contribution in [2.24, 2.45) is 0 Å². The molecule has 1 aromatic heterocycles. The molecule has 96 valence electrons. The number of likely N-dealkylation sites (tertiary alicyclic amines) is 1. The largest absolute Gasteiger partial charge is 1.00 e. The van der Waals surface area contributed by atoms with Crippen LogP contribution in [0.2, 0.25) is 0 Å². The van der Waals surface area contributed by atoms with Crippen LogP contribution in [0.25, 0.3) is 0 Å². The zero-order chi connectivity index (χ0) is 11.4. The molecule has 1 aromatic rings. The standard InChI is InChI=1S/C14H23N2.HI/c1-3-4-10-16-11-5-7-13(12-16)14-8-6-9-15(14)2;/h5,7,11-12,14H,3-4,6,8-10H2,1-2H3;1H/q+1;/p-1/t14-;/m0./s1. The average molecular weight is 346 g/mol. The summed E-state index contributed by atoms with van der Waals surface area (Å²) >= 11 is 0. The zero-order valence-corrected chi connectivity index (χ0v) is 13.1. The highest BCUT2D eigenvalue weighted by atomic mass is 127. The van der Waals surface area contributed by atoms with Crippen LogP contribution in [0.4, 0.5) is 0 Å². The Labute approximate surface area is 122 Å². The van der Waals surface area contributed by atoms with Gasteiger partial charge in [0.05, 0.1) is 0 Å². The van der Waals surface area contributed by atoms with Crippen molar-refractivity contribution >= 4 is 0 Å². The van der Waals surface area contributed by atoms with Gasteiger partial charge in [-0.15, -0.1) is 0 Å². The summed E-state index contributed by atoms with van der Waals surface area (Å²) in [6.45, 7) is 4.64. The summed E-state index contributed by atoms with van der Waals surface area (Å²) < 4.78 is 2.34. The van der Waals surface area contributed by atoms with Crippen molar-refractivity contribution in [2.45, 2.75) is 45.2 Å². The van der Waals surface area contributed by atoms with E-state index in [0.29, 0.717) is 6.04 Å². The van der Waals surface area contributed by atoms with E-state index >= 15 is 0 Å². The van der Waals surface area contributed by atoms with E-state index in [0.717, 1.165) is 6.54 Å². The first-order valence-electron chi connectivity index (χ1n) is 6.50. The fourth-order valence-electron chi connectivity index (χ4n) is 2.55. The highest BCUT2D eigenvalue weighted by molar-refractivity contribution is 5.12. The topological polar surface area (TPSA) is 7.12 Å². The molecular weight excluding hydrogens is 323 g/mol. The lowest BCUT2D eigenvalue weighted by molar-refractivity contribution is -0.697. The minimum absolute atomic E-state index is 0. The van der Waals surface area contributed by atoms with Gasteiger partial charge in [-0.2, -0.15) is 0 Å². The second kappa shape index (κ2) is 7.31. The van der Waals surface area contributed by atoms with E-state index in [2.05, 4.69) is 48.0 Å². The van der Waals surface area contributed by atoms with Gasteiger partial charge in [-0.25, -0.2) is 4.57 Å². The lowest BCUT2D eigenvalue weighted by atomic mass is 10.1. The molecule has 0 radical (unpaired) electrons. The van der Waals surface area contributed by atoms with Gasteiger partial charge in [0.1, 0.15) is 6.54 Å². The first-order valence-corrected chi connectivity index (χ1v) is 6.50. The van der Waals surface area contributed by atoms with Crippen LogP contribution in [0.3, 0.4) is 0 Å². The third-order valence-corrected chi connectivity index (χ3v) is 3.56. The molecule has 0 saturated carbocycles. The smallest absolute Gasteiger partial charge is 0.173 e. The van der Waals surface area contributed by atoms with E-state index in [9.17, 15) is 0 Å². The van der Waals surface area contributed by atoms with E-state index in [1.54, 1.807) is 0 Å². The maximum atomic E-state index is 2.47. The molecule has 17 heavy (non-hydrogen) atoms. The van der Waals surface area contributed by atoms with E-state index in [4.69, 9.17) is 0 Å². The monoisotopic (exact) mass is 346 g/mol. The third-order valence-electron chi connectivity index (χ3n) is 3.56. The molecule has 1 fully saturated rings. The van der Waals surface area contributed by atoms with Gasteiger partial charge in [0.15, 0.2) is 12.4 Å². The summed E-state index contributed by atoms with van der Waals surface area (Å²) in [6.07, 6.45) is 9.71. The summed E-state index contributed by atoms with van der Waals surface area (Å²) in [4.78, 5) is 2.47. The fraction of sp³-hybridized carbons (Fsp3) is 0.643. The quantitative estimate of drug-likeness (QED) is 0.529. The molecule has 0 unspecified atom stereocenters. The molecule has 0 aromatic carbocycles. The highest BCUT2D eigenvalue weighted by Crippen LogP contribution is 2.29. The minimum Gasteiger partial charge on any atom is -1.00 e. The number of aromatic nitrogens is 1. The van der Waals surface area contributed by atoms with Crippen LogP contribution in [-0.4, -0.2) is 18.5 Å². The van der Waals surface area contributed by atoms with E-state index in [1.807, 2.05) is 0 Å². The highest BCUT2D eigenvalue weighted by Gasteiger charge is 2.24. The van der Waals surface area contributed by atoms with Crippen molar-refractivity contribution in [3.63, 3.8) is 0 Å². The average Bonchev–Trinajstić information content (AvgIpc) is 2.73. The van der Waals surface area contributed by atoms with Crippen LogP contribution >= 0.6 is 0 Å². The molecule has 0 spiro atoms. The number of hydrogen-bond acceptors (Lipinski definition) is 1. The molecule has 2 rings (SSSR count). The molecule has 1 aliphatic rings. The van der Waals surface area contributed by atoms with Crippen molar-refractivity contribution in [3.8, 4) is 0 Å². The fourth-order valence-corrected chi connectivity index (χ4v) is 2.55. The maximum absolute atomic E-state index is 2.47. The van der Waals surface area contributed by atoms with E-state index < -0.39 is 0 Å². The Morgan fingerprint density at radius 1 is 1.47 bits per heavy atom. The number of rotatable bonds is 4. The Bertz CT molecular complexity index is 341. The molecule has 3 heteroatoms. The van der Waals surface area contributed by atoms with Gasteiger partial charge in [0.2, 0.25) is 0 Å². The van der Waals surface area contributed by atoms with Gasteiger partial charge in [0, 0.05) is 24.1 Å². The first kappa shape index (κ1) is 14.9. The van der Waals surface area contributed by atoms with E-state index in [-0.39, 0.29) is 24.0 Å². The second-order valence-corrected chi connectivity index (χ2v) is 4.87. The summed E-state index contributed by atoms with van der Waals surface area (Å²) in [5, 5.41) is 0. The Balaban J connectivity index is 0.00000144. The summed E-state index contributed by atoms with van der Waals surface area (Å²) in [5.74, 6) is 0. The number of unbranched alkanes of at least 4 members (excludes halogenated alkanes) is 1. The lowest BCUT2D eigenvalue weighted by Gasteiger charge is -2.18.